The van der Waals surface area contributed by atoms with Crippen LogP contribution >= 0.6 is 0 Å². The molecule has 1 aliphatic carbocycles. The summed E-state index contributed by atoms with van der Waals surface area (Å²) < 4.78 is 36.5. The van der Waals surface area contributed by atoms with E-state index in [1.807, 2.05) is 17.9 Å². The third-order valence-electron chi connectivity index (χ3n) is 7.40. The van der Waals surface area contributed by atoms with E-state index < -0.39 is 5.97 Å². The van der Waals surface area contributed by atoms with Gasteiger partial charge < -0.3 is 29.3 Å². The number of hydrogen-bond donors (Lipinski definition) is 2. The van der Waals surface area contributed by atoms with E-state index in [9.17, 15) is 14.0 Å². The monoisotopic (exact) mass is 575 g/mol. The number of ether oxygens (including phenoxy) is 3. The quantitative estimate of drug-likeness (QED) is 0.273. The number of halogens is 1. The second kappa shape index (κ2) is 13.1. The maximum atomic E-state index is 14.3. The molecule has 2 aliphatic rings. The van der Waals surface area contributed by atoms with Crippen LogP contribution in [0.25, 0.3) is 17.2 Å². The predicted octanol–water partition coefficient (Wildman–Crippen LogP) is 4.28. The minimum atomic E-state index is -0.403. The number of amides is 1. The average molecular weight is 576 g/mol. The Hall–Kier alpha value is -4.41. The fourth-order valence-corrected chi connectivity index (χ4v) is 5.25. The first-order chi connectivity index (χ1) is 20.4. The Kier molecular flexibility index (Phi) is 9.04. The van der Waals surface area contributed by atoms with Gasteiger partial charge in [0.1, 0.15) is 11.6 Å². The first-order valence-corrected chi connectivity index (χ1v) is 13.8. The molecule has 1 aliphatic heterocycles. The van der Waals surface area contributed by atoms with Gasteiger partial charge in [-0.2, -0.15) is 0 Å². The number of nitrogens with one attached hydrogen (secondary N) is 2. The summed E-state index contributed by atoms with van der Waals surface area (Å²) in [5.41, 5.74) is 4.64. The van der Waals surface area contributed by atoms with Gasteiger partial charge in [-0.05, 0) is 82.8 Å². The zero-order valence-electron chi connectivity index (χ0n) is 23.9. The zero-order chi connectivity index (χ0) is 29.6. The number of allylic oxidation sites excluding steroid dienone is 2. The van der Waals surface area contributed by atoms with Crippen LogP contribution < -0.4 is 24.8 Å². The van der Waals surface area contributed by atoms with Crippen molar-refractivity contribution >= 4 is 29.1 Å². The van der Waals surface area contributed by atoms with Crippen molar-refractivity contribution in [3.63, 3.8) is 0 Å². The summed E-state index contributed by atoms with van der Waals surface area (Å²) in [5.74, 6) is 0.544. The van der Waals surface area contributed by atoms with Crippen LogP contribution in [-0.2, 0) is 16.1 Å². The van der Waals surface area contributed by atoms with Gasteiger partial charge in [0.25, 0.3) is 0 Å². The van der Waals surface area contributed by atoms with Crippen LogP contribution in [0.4, 0.5) is 4.39 Å². The number of rotatable bonds is 10. The highest BCUT2D eigenvalue weighted by Gasteiger charge is 2.27. The molecule has 2 aromatic carbocycles. The molecule has 0 atom stereocenters. The summed E-state index contributed by atoms with van der Waals surface area (Å²) in [6.45, 7) is 5.52. The second-order valence-electron chi connectivity index (χ2n) is 10.1. The molecule has 1 saturated heterocycles. The summed E-state index contributed by atoms with van der Waals surface area (Å²) in [6, 6.07) is 11.6. The van der Waals surface area contributed by atoms with Crippen molar-refractivity contribution < 1.29 is 32.6 Å². The van der Waals surface area contributed by atoms with Crippen molar-refractivity contribution in [1.29, 1.82) is 0 Å². The number of nitrogens with zero attached hydrogens (tertiary/aromatic N) is 1. The fourth-order valence-electron chi connectivity index (χ4n) is 5.25. The minimum absolute atomic E-state index is 0.0783. The summed E-state index contributed by atoms with van der Waals surface area (Å²) in [5, 5.41) is 6.12. The molecule has 0 unspecified atom stereocenters. The average Bonchev–Trinajstić information content (AvgIpc) is 3.60. The van der Waals surface area contributed by atoms with Gasteiger partial charge >= 0.3 is 5.97 Å². The second-order valence-corrected chi connectivity index (χ2v) is 10.1. The number of benzene rings is 2. The van der Waals surface area contributed by atoms with Crippen molar-refractivity contribution in [1.82, 2.24) is 15.5 Å². The summed E-state index contributed by atoms with van der Waals surface area (Å²) >= 11 is 0. The van der Waals surface area contributed by atoms with E-state index in [-0.39, 0.29) is 37.0 Å². The van der Waals surface area contributed by atoms with E-state index in [1.165, 1.54) is 26.4 Å². The maximum absolute atomic E-state index is 14.3. The first kappa shape index (κ1) is 29.1. The van der Waals surface area contributed by atoms with Crippen LogP contribution in [-0.4, -0.2) is 63.7 Å². The number of esters is 1. The standard InChI is InChI=1S/C32H34FN3O6/c1-20-25(24-7-6-22(33)16-27(24)26(20)17-30(37)35-18-23-5-4-12-41-23)13-21-14-28(39-2)32(29(15-21)40-3)42-31(38)19-36-10-8-34-9-11-36/h4-7,12-16,34H,8-11,17-19H2,1-3H3,(H,35,37). The normalized spacial score (nSPS) is 16.0. The first-order valence-electron chi connectivity index (χ1n) is 13.8. The Morgan fingerprint density at radius 2 is 1.81 bits per heavy atom. The number of hydrogen-bond acceptors (Lipinski definition) is 8. The van der Waals surface area contributed by atoms with Gasteiger partial charge in [-0.15, -0.1) is 0 Å². The molecule has 42 heavy (non-hydrogen) atoms. The molecule has 1 fully saturated rings. The zero-order valence-corrected chi connectivity index (χ0v) is 23.9. The molecule has 0 spiro atoms. The van der Waals surface area contributed by atoms with Crippen molar-refractivity contribution in [3.05, 3.63) is 82.6 Å². The molecule has 9 nitrogen and oxygen atoms in total. The molecular weight excluding hydrogens is 541 g/mol. The lowest BCUT2D eigenvalue weighted by molar-refractivity contribution is -0.136. The Morgan fingerprint density at radius 1 is 1.07 bits per heavy atom. The van der Waals surface area contributed by atoms with Crippen molar-refractivity contribution in [3.8, 4) is 17.2 Å². The molecule has 10 heteroatoms. The molecule has 0 bridgehead atoms. The molecule has 5 rings (SSSR count). The SMILES string of the molecule is COc1cc(C=C2C(C)=C(CC(=O)NCc3ccco3)c3cc(F)ccc32)cc(OC)c1OC(=O)CN1CCNCC1. The van der Waals surface area contributed by atoms with E-state index in [0.717, 1.165) is 54.0 Å². The van der Waals surface area contributed by atoms with E-state index in [0.29, 0.717) is 22.8 Å². The Bertz CT molecular complexity index is 1500. The molecule has 0 saturated carbocycles. The van der Waals surface area contributed by atoms with Crippen molar-refractivity contribution in [2.24, 2.45) is 0 Å². The van der Waals surface area contributed by atoms with Gasteiger partial charge in [0.2, 0.25) is 11.7 Å². The third kappa shape index (κ3) is 6.56. The number of fused-ring (bicyclic) bond motifs is 1. The highest BCUT2D eigenvalue weighted by atomic mass is 19.1. The molecule has 1 amide bonds. The van der Waals surface area contributed by atoms with Crippen LogP contribution in [0.3, 0.4) is 0 Å². The van der Waals surface area contributed by atoms with Gasteiger partial charge in [-0.3, -0.25) is 14.5 Å². The highest BCUT2D eigenvalue weighted by molar-refractivity contribution is 6.08. The van der Waals surface area contributed by atoms with Crippen molar-refractivity contribution in [2.45, 2.75) is 19.9 Å². The highest BCUT2D eigenvalue weighted by Crippen LogP contribution is 2.45. The van der Waals surface area contributed by atoms with Crippen LogP contribution in [0.2, 0.25) is 0 Å². The van der Waals surface area contributed by atoms with Crippen LogP contribution in [0.1, 0.15) is 35.8 Å². The Morgan fingerprint density at radius 3 is 2.48 bits per heavy atom. The van der Waals surface area contributed by atoms with Gasteiger partial charge in [0.15, 0.2) is 11.5 Å². The van der Waals surface area contributed by atoms with Gasteiger partial charge in [-0.25, -0.2) is 4.39 Å². The molecule has 220 valence electrons. The van der Waals surface area contributed by atoms with E-state index in [4.69, 9.17) is 18.6 Å². The number of furan rings is 1. The fraction of sp³-hybridized carbons (Fsp3) is 0.312. The smallest absolute Gasteiger partial charge is 0.325 e. The minimum Gasteiger partial charge on any atom is -0.493 e. The summed E-state index contributed by atoms with van der Waals surface area (Å²) in [4.78, 5) is 27.6. The largest absolute Gasteiger partial charge is 0.493 e. The number of piperazine rings is 1. The summed E-state index contributed by atoms with van der Waals surface area (Å²) in [6.07, 6.45) is 3.56. The van der Waals surface area contributed by atoms with Crippen LogP contribution in [0.15, 0.2) is 58.7 Å². The topological polar surface area (TPSA) is 102 Å². The molecule has 3 aromatic rings. The van der Waals surface area contributed by atoms with Crippen LogP contribution in [0, 0.1) is 5.82 Å². The predicted molar refractivity (Wildman–Crippen MR) is 157 cm³/mol. The van der Waals surface area contributed by atoms with Crippen molar-refractivity contribution in [2.75, 3.05) is 46.9 Å². The van der Waals surface area contributed by atoms with Crippen LogP contribution in [0.5, 0.6) is 17.2 Å². The molecule has 2 N–H and O–H groups in total. The molecule has 0 radical (unpaired) electrons. The molecular formula is C32H34FN3O6. The maximum Gasteiger partial charge on any atom is 0.325 e. The van der Waals surface area contributed by atoms with Gasteiger partial charge in [0.05, 0.1) is 40.0 Å². The number of carbonyl (C=O) groups excluding carboxylic acids is 2. The number of carbonyl (C=O) groups is 2. The molecule has 1 aromatic heterocycles. The third-order valence-corrected chi connectivity index (χ3v) is 7.40. The van der Waals surface area contributed by atoms with Gasteiger partial charge in [-0.1, -0.05) is 6.07 Å². The summed E-state index contributed by atoms with van der Waals surface area (Å²) in [7, 11) is 3.00. The lowest BCUT2D eigenvalue weighted by atomic mass is 10.00. The Balaban J connectivity index is 1.42. The van der Waals surface area contributed by atoms with E-state index in [2.05, 4.69) is 10.6 Å². The lowest BCUT2D eigenvalue weighted by Crippen LogP contribution is -2.46. The van der Waals surface area contributed by atoms with E-state index >= 15 is 0 Å². The lowest BCUT2D eigenvalue weighted by Gasteiger charge is -2.26. The Labute approximate surface area is 243 Å². The van der Waals surface area contributed by atoms with Gasteiger partial charge in [0, 0.05) is 26.2 Å². The molecule has 2 heterocycles. The van der Waals surface area contributed by atoms with E-state index in [1.54, 1.807) is 36.6 Å². The number of methoxy groups -OCH3 is 2.